The van der Waals surface area contributed by atoms with Gasteiger partial charge in [-0.2, -0.15) is 4.98 Å². The highest BCUT2D eigenvalue weighted by molar-refractivity contribution is 6.31. The molecule has 8 heteroatoms. The van der Waals surface area contributed by atoms with Crippen LogP contribution < -0.4 is 0 Å². The van der Waals surface area contributed by atoms with E-state index in [0.29, 0.717) is 35.6 Å². The van der Waals surface area contributed by atoms with Crippen molar-refractivity contribution in [2.45, 2.75) is 19.3 Å². The summed E-state index contributed by atoms with van der Waals surface area (Å²) in [5.41, 5.74) is 3.29. The van der Waals surface area contributed by atoms with Gasteiger partial charge in [-0.05, 0) is 18.2 Å². The zero-order valence-electron chi connectivity index (χ0n) is 14.1. The maximum Gasteiger partial charge on any atom is 0.278 e. The molecule has 134 valence electrons. The summed E-state index contributed by atoms with van der Waals surface area (Å²) in [6.07, 6.45) is 5.03. The van der Waals surface area contributed by atoms with E-state index < -0.39 is 0 Å². The Kier molecular flexibility index (Phi) is 3.95. The van der Waals surface area contributed by atoms with Crippen LogP contribution in [0, 0.1) is 0 Å². The van der Waals surface area contributed by atoms with E-state index in [-0.39, 0.29) is 6.10 Å². The first-order valence-corrected chi connectivity index (χ1v) is 8.82. The molecule has 7 nitrogen and oxygen atoms in total. The molecular weight excluding hydrogens is 366 g/mol. The lowest BCUT2D eigenvalue weighted by molar-refractivity contribution is 0.00336. The summed E-state index contributed by atoms with van der Waals surface area (Å²) >= 11 is 6.30. The van der Waals surface area contributed by atoms with Gasteiger partial charge >= 0.3 is 0 Å². The summed E-state index contributed by atoms with van der Waals surface area (Å²) in [5.74, 6) is 0.841. The smallest absolute Gasteiger partial charge is 0.278 e. The van der Waals surface area contributed by atoms with Gasteiger partial charge in [0, 0.05) is 28.5 Å². The summed E-state index contributed by atoms with van der Waals surface area (Å²) in [4.78, 5) is 13.0. The van der Waals surface area contributed by atoms with Gasteiger partial charge in [-0.3, -0.25) is 4.98 Å². The average Bonchev–Trinajstić information content (AvgIpc) is 3.35. The Balaban J connectivity index is 1.44. The number of halogens is 1. The second kappa shape index (κ2) is 6.61. The van der Waals surface area contributed by atoms with Crippen molar-refractivity contribution >= 4 is 11.6 Å². The number of rotatable bonds is 3. The number of hydrogen-bond acceptors (Lipinski definition) is 6. The highest BCUT2D eigenvalue weighted by Crippen LogP contribution is 2.34. The molecule has 0 fully saturated rings. The van der Waals surface area contributed by atoms with Crippen LogP contribution in [0.4, 0.5) is 0 Å². The Labute approximate surface area is 159 Å². The number of aromatic nitrogens is 5. The van der Waals surface area contributed by atoms with E-state index >= 15 is 0 Å². The molecule has 5 rings (SSSR count). The van der Waals surface area contributed by atoms with Crippen molar-refractivity contribution in [1.82, 2.24) is 24.7 Å². The van der Waals surface area contributed by atoms with Crippen molar-refractivity contribution in [3.8, 4) is 23.0 Å². The van der Waals surface area contributed by atoms with Gasteiger partial charge in [0.2, 0.25) is 5.82 Å². The van der Waals surface area contributed by atoms with E-state index in [0.717, 1.165) is 16.8 Å². The van der Waals surface area contributed by atoms with Crippen LogP contribution >= 0.6 is 11.6 Å². The first kappa shape index (κ1) is 16.2. The summed E-state index contributed by atoms with van der Waals surface area (Å²) < 4.78 is 13.5. The van der Waals surface area contributed by atoms with Gasteiger partial charge < -0.3 is 13.8 Å². The number of hydrogen-bond donors (Lipinski definition) is 0. The van der Waals surface area contributed by atoms with Crippen LogP contribution in [-0.2, 0) is 17.9 Å². The van der Waals surface area contributed by atoms with Gasteiger partial charge in [0.05, 0.1) is 25.2 Å². The summed E-state index contributed by atoms with van der Waals surface area (Å²) in [6, 6.07) is 11.4. The van der Waals surface area contributed by atoms with Crippen molar-refractivity contribution in [3.05, 3.63) is 71.4 Å². The quantitative estimate of drug-likeness (QED) is 0.536. The minimum atomic E-state index is -0.123. The van der Waals surface area contributed by atoms with Crippen molar-refractivity contribution < 1.29 is 9.26 Å². The van der Waals surface area contributed by atoms with Crippen LogP contribution in [0.5, 0.6) is 0 Å². The molecule has 4 heterocycles. The largest absolute Gasteiger partial charge is 0.365 e. The Morgan fingerprint density at radius 1 is 1.15 bits per heavy atom. The number of fused-ring (bicyclic) bond motifs is 1. The molecule has 0 radical (unpaired) electrons. The SMILES string of the molecule is Clc1ccccc1C1Cn2cnc(-c3nc(-c4cccnc4)no3)c2CO1. The molecule has 0 amide bonds. The number of ether oxygens (including phenoxy) is 1. The highest BCUT2D eigenvalue weighted by Gasteiger charge is 2.27. The van der Waals surface area contributed by atoms with E-state index in [1.54, 1.807) is 18.7 Å². The highest BCUT2D eigenvalue weighted by atomic mass is 35.5. The number of benzene rings is 1. The van der Waals surface area contributed by atoms with Crippen molar-refractivity contribution in [3.63, 3.8) is 0 Å². The molecule has 1 atom stereocenters. The zero-order valence-corrected chi connectivity index (χ0v) is 14.9. The molecule has 1 unspecified atom stereocenters. The van der Waals surface area contributed by atoms with Crippen LogP contribution in [0.1, 0.15) is 17.4 Å². The Morgan fingerprint density at radius 2 is 2.07 bits per heavy atom. The van der Waals surface area contributed by atoms with Gasteiger partial charge in [0.25, 0.3) is 5.89 Å². The van der Waals surface area contributed by atoms with E-state index in [1.807, 2.05) is 41.0 Å². The van der Waals surface area contributed by atoms with E-state index in [4.69, 9.17) is 20.9 Å². The topological polar surface area (TPSA) is 78.9 Å². The van der Waals surface area contributed by atoms with Gasteiger partial charge in [0.1, 0.15) is 6.10 Å². The molecule has 3 aromatic heterocycles. The first-order chi connectivity index (χ1) is 13.3. The molecule has 0 saturated carbocycles. The lowest BCUT2D eigenvalue weighted by atomic mass is 10.1. The third-order valence-corrected chi connectivity index (χ3v) is 4.87. The fraction of sp³-hybridized carbons (Fsp3) is 0.158. The van der Waals surface area contributed by atoms with Gasteiger partial charge in [-0.25, -0.2) is 4.98 Å². The monoisotopic (exact) mass is 379 g/mol. The van der Waals surface area contributed by atoms with Gasteiger partial charge in [-0.1, -0.05) is 35.0 Å². The lowest BCUT2D eigenvalue weighted by Gasteiger charge is -2.26. The van der Waals surface area contributed by atoms with Crippen LogP contribution in [0.15, 0.2) is 59.6 Å². The summed E-state index contributed by atoms with van der Waals surface area (Å²) in [6.45, 7) is 1.01. The predicted molar refractivity (Wildman–Crippen MR) is 97.7 cm³/mol. The predicted octanol–water partition coefficient (Wildman–Crippen LogP) is 3.92. The summed E-state index contributed by atoms with van der Waals surface area (Å²) in [7, 11) is 0. The van der Waals surface area contributed by atoms with E-state index in [1.165, 1.54) is 0 Å². The molecular formula is C19H14ClN5O2. The zero-order chi connectivity index (χ0) is 18.2. The van der Waals surface area contributed by atoms with Crippen molar-refractivity contribution in [2.75, 3.05) is 0 Å². The van der Waals surface area contributed by atoms with Crippen LogP contribution in [0.3, 0.4) is 0 Å². The fourth-order valence-corrected chi connectivity index (χ4v) is 3.42. The third kappa shape index (κ3) is 2.90. The molecule has 27 heavy (non-hydrogen) atoms. The second-order valence-electron chi connectivity index (χ2n) is 6.18. The second-order valence-corrected chi connectivity index (χ2v) is 6.59. The molecule has 4 aromatic rings. The van der Waals surface area contributed by atoms with Crippen LogP contribution in [0.25, 0.3) is 23.0 Å². The summed E-state index contributed by atoms with van der Waals surface area (Å²) in [5, 5.41) is 4.73. The van der Waals surface area contributed by atoms with E-state index in [2.05, 4.69) is 20.1 Å². The lowest BCUT2D eigenvalue weighted by Crippen LogP contribution is -2.20. The van der Waals surface area contributed by atoms with Gasteiger partial charge in [-0.15, -0.1) is 0 Å². The Bertz CT molecular complexity index is 1090. The third-order valence-electron chi connectivity index (χ3n) is 4.53. The first-order valence-electron chi connectivity index (χ1n) is 8.44. The molecule has 0 spiro atoms. The maximum atomic E-state index is 6.30. The van der Waals surface area contributed by atoms with Crippen molar-refractivity contribution in [2.24, 2.45) is 0 Å². The van der Waals surface area contributed by atoms with E-state index in [9.17, 15) is 0 Å². The molecule has 0 saturated heterocycles. The number of nitrogens with zero attached hydrogens (tertiary/aromatic N) is 5. The van der Waals surface area contributed by atoms with Crippen molar-refractivity contribution in [1.29, 1.82) is 0 Å². The average molecular weight is 380 g/mol. The molecule has 0 bridgehead atoms. The fourth-order valence-electron chi connectivity index (χ4n) is 3.16. The Morgan fingerprint density at radius 3 is 2.93 bits per heavy atom. The van der Waals surface area contributed by atoms with Crippen LogP contribution in [-0.4, -0.2) is 24.7 Å². The van der Waals surface area contributed by atoms with Crippen LogP contribution in [0.2, 0.25) is 5.02 Å². The Hall–Kier alpha value is -3.03. The minimum absolute atomic E-state index is 0.123. The normalized spacial score (nSPS) is 16.3. The minimum Gasteiger partial charge on any atom is -0.365 e. The molecule has 1 aliphatic rings. The standard InChI is InChI=1S/C19H14ClN5O2/c20-14-6-2-1-5-13(14)16-9-25-11-22-17(15(25)10-26-16)19-23-18(24-27-19)12-4-3-7-21-8-12/h1-8,11,16H,9-10H2. The molecule has 0 N–H and O–H groups in total. The molecule has 1 aliphatic heterocycles. The number of imidazole rings is 1. The van der Waals surface area contributed by atoms with Gasteiger partial charge in [0.15, 0.2) is 5.69 Å². The molecule has 0 aliphatic carbocycles. The maximum absolute atomic E-state index is 6.30. The molecule has 1 aromatic carbocycles. The number of pyridine rings is 1.